The number of aromatic nitrogens is 1. The van der Waals surface area contributed by atoms with E-state index in [0.717, 1.165) is 29.3 Å². The molecule has 0 bridgehead atoms. The molecule has 0 fully saturated rings. The molecule has 0 saturated heterocycles. The topological polar surface area (TPSA) is 33.1 Å². The van der Waals surface area contributed by atoms with Gasteiger partial charge in [-0.25, -0.2) is 0 Å². The van der Waals surface area contributed by atoms with Crippen LogP contribution in [-0.4, -0.2) is 10.1 Å². The van der Waals surface area contributed by atoms with Crippen molar-refractivity contribution in [2.45, 2.75) is 32.6 Å². The monoisotopic (exact) mass is 291 g/mol. The summed E-state index contributed by atoms with van der Waals surface area (Å²) in [5, 5.41) is 11.9. The lowest BCUT2D eigenvalue weighted by atomic mass is 10.0. The molecule has 1 heterocycles. The number of hydrogen-bond acceptors (Lipinski definition) is 2. The Morgan fingerprint density at radius 1 is 0.955 bits per heavy atom. The fourth-order valence-electron chi connectivity index (χ4n) is 2.76. The van der Waals surface area contributed by atoms with Crippen LogP contribution >= 0.6 is 0 Å². The van der Waals surface area contributed by atoms with E-state index < -0.39 is 0 Å². The molecule has 2 nitrogen and oxygen atoms in total. The minimum Gasteiger partial charge on any atom is -0.508 e. The lowest BCUT2D eigenvalue weighted by molar-refractivity contribution is 0.476. The van der Waals surface area contributed by atoms with Crippen LogP contribution < -0.4 is 0 Å². The Bertz CT molecular complexity index is 762. The van der Waals surface area contributed by atoms with E-state index in [0.29, 0.717) is 0 Å². The third-order valence-corrected chi connectivity index (χ3v) is 4.05. The Morgan fingerprint density at radius 3 is 2.50 bits per heavy atom. The summed E-state index contributed by atoms with van der Waals surface area (Å²) in [7, 11) is 0. The van der Waals surface area contributed by atoms with Crippen LogP contribution in [0.15, 0.2) is 54.7 Å². The van der Waals surface area contributed by atoms with Crippen LogP contribution in [0.25, 0.3) is 10.8 Å². The molecule has 0 aliphatic rings. The molecule has 2 aromatic carbocycles. The van der Waals surface area contributed by atoms with Crippen LogP contribution in [0.5, 0.6) is 5.75 Å². The zero-order chi connectivity index (χ0) is 15.4. The predicted molar refractivity (Wildman–Crippen MR) is 91.3 cm³/mol. The standard InChI is InChI=1S/C20H21NO/c1-2-3-4-15-5-7-16(8-6-15)13-20-19-14-18(22)10-9-17(19)11-12-21-20/h5-12,14,22H,2-4,13H2,1H3. The summed E-state index contributed by atoms with van der Waals surface area (Å²) in [5.41, 5.74) is 3.66. The van der Waals surface area contributed by atoms with Gasteiger partial charge in [-0.15, -0.1) is 0 Å². The second-order valence-electron chi connectivity index (χ2n) is 5.76. The molecule has 0 saturated carbocycles. The second-order valence-corrected chi connectivity index (χ2v) is 5.76. The normalized spacial score (nSPS) is 11.0. The largest absolute Gasteiger partial charge is 0.508 e. The molecular weight excluding hydrogens is 270 g/mol. The van der Waals surface area contributed by atoms with Crippen LogP contribution in [0.3, 0.4) is 0 Å². The lowest BCUT2D eigenvalue weighted by Gasteiger charge is -2.07. The van der Waals surface area contributed by atoms with Crippen molar-refractivity contribution in [3.05, 3.63) is 71.5 Å². The number of phenolic OH excluding ortho intramolecular Hbond substituents is 1. The highest BCUT2D eigenvalue weighted by Gasteiger charge is 2.05. The van der Waals surface area contributed by atoms with Gasteiger partial charge < -0.3 is 5.11 Å². The highest BCUT2D eigenvalue weighted by atomic mass is 16.3. The maximum Gasteiger partial charge on any atom is 0.116 e. The first-order valence-corrected chi connectivity index (χ1v) is 7.90. The summed E-state index contributed by atoms with van der Waals surface area (Å²) in [6.45, 7) is 2.22. The van der Waals surface area contributed by atoms with E-state index in [-0.39, 0.29) is 5.75 Å². The fraction of sp³-hybridized carbons (Fsp3) is 0.250. The average Bonchev–Trinajstić information content (AvgIpc) is 2.55. The van der Waals surface area contributed by atoms with Gasteiger partial charge in [0.05, 0.1) is 5.69 Å². The summed E-state index contributed by atoms with van der Waals surface area (Å²) in [6.07, 6.45) is 6.24. The molecule has 0 unspecified atom stereocenters. The minimum atomic E-state index is 0.289. The number of nitrogens with zero attached hydrogens (tertiary/aromatic N) is 1. The van der Waals surface area contributed by atoms with E-state index in [2.05, 4.69) is 36.2 Å². The van der Waals surface area contributed by atoms with Gasteiger partial charge in [0.15, 0.2) is 0 Å². The molecule has 3 aromatic rings. The Kier molecular flexibility index (Phi) is 4.38. The van der Waals surface area contributed by atoms with E-state index in [1.807, 2.05) is 18.3 Å². The summed E-state index contributed by atoms with van der Waals surface area (Å²) in [4.78, 5) is 4.50. The molecule has 0 atom stereocenters. The van der Waals surface area contributed by atoms with Crippen LogP contribution in [-0.2, 0) is 12.8 Å². The number of unbranched alkanes of at least 4 members (excludes halogenated alkanes) is 1. The minimum absolute atomic E-state index is 0.289. The van der Waals surface area contributed by atoms with Crippen molar-refractivity contribution < 1.29 is 5.11 Å². The van der Waals surface area contributed by atoms with Crippen LogP contribution in [0, 0.1) is 0 Å². The highest BCUT2D eigenvalue weighted by Crippen LogP contribution is 2.23. The smallest absolute Gasteiger partial charge is 0.116 e. The third-order valence-electron chi connectivity index (χ3n) is 4.05. The zero-order valence-corrected chi connectivity index (χ0v) is 12.9. The van der Waals surface area contributed by atoms with E-state index in [1.165, 1.54) is 24.0 Å². The van der Waals surface area contributed by atoms with Crippen LogP contribution in [0.1, 0.15) is 36.6 Å². The maximum absolute atomic E-state index is 9.71. The molecule has 1 aromatic heterocycles. The quantitative estimate of drug-likeness (QED) is 0.727. The number of rotatable bonds is 5. The highest BCUT2D eigenvalue weighted by molar-refractivity contribution is 5.85. The van der Waals surface area contributed by atoms with Gasteiger partial charge in [-0.3, -0.25) is 4.98 Å². The van der Waals surface area contributed by atoms with Crippen molar-refractivity contribution in [1.29, 1.82) is 0 Å². The Balaban J connectivity index is 1.85. The van der Waals surface area contributed by atoms with Crippen molar-refractivity contribution in [1.82, 2.24) is 4.98 Å². The van der Waals surface area contributed by atoms with Gasteiger partial charge in [-0.2, -0.15) is 0 Å². The molecule has 1 N–H and O–H groups in total. The molecular formula is C20H21NO. The molecule has 112 valence electrons. The van der Waals surface area contributed by atoms with Gasteiger partial charge in [0.25, 0.3) is 0 Å². The third kappa shape index (κ3) is 3.28. The Labute approximate surface area is 131 Å². The van der Waals surface area contributed by atoms with Gasteiger partial charge in [-0.1, -0.05) is 43.7 Å². The number of phenols is 1. The summed E-state index contributed by atoms with van der Waals surface area (Å²) < 4.78 is 0. The Hall–Kier alpha value is -2.35. The first-order valence-electron chi connectivity index (χ1n) is 7.90. The van der Waals surface area contributed by atoms with Crippen LogP contribution in [0.2, 0.25) is 0 Å². The van der Waals surface area contributed by atoms with E-state index in [1.54, 1.807) is 12.1 Å². The lowest BCUT2D eigenvalue weighted by Crippen LogP contribution is -1.94. The van der Waals surface area contributed by atoms with Gasteiger partial charge in [0, 0.05) is 18.0 Å². The second kappa shape index (κ2) is 6.61. The molecule has 0 radical (unpaired) electrons. The number of hydrogen-bond donors (Lipinski definition) is 1. The van der Waals surface area contributed by atoms with Crippen molar-refractivity contribution in [3.8, 4) is 5.75 Å². The Morgan fingerprint density at radius 2 is 1.73 bits per heavy atom. The maximum atomic E-state index is 9.71. The molecule has 22 heavy (non-hydrogen) atoms. The van der Waals surface area contributed by atoms with Gasteiger partial charge >= 0.3 is 0 Å². The number of aromatic hydroxyl groups is 1. The summed E-state index contributed by atoms with van der Waals surface area (Å²) in [5.74, 6) is 0.289. The molecule has 0 spiro atoms. The summed E-state index contributed by atoms with van der Waals surface area (Å²) >= 11 is 0. The fourth-order valence-corrected chi connectivity index (χ4v) is 2.76. The van der Waals surface area contributed by atoms with Gasteiger partial charge in [-0.05, 0) is 47.6 Å². The zero-order valence-electron chi connectivity index (χ0n) is 12.9. The van der Waals surface area contributed by atoms with E-state index in [4.69, 9.17) is 0 Å². The SMILES string of the molecule is CCCCc1ccc(Cc2nccc3ccc(O)cc23)cc1. The molecule has 2 heteroatoms. The van der Waals surface area contributed by atoms with Crippen molar-refractivity contribution in [3.63, 3.8) is 0 Å². The van der Waals surface area contributed by atoms with E-state index in [9.17, 15) is 5.11 Å². The first kappa shape index (κ1) is 14.6. The number of benzene rings is 2. The van der Waals surface area contributed by atoms with Gasteiger partial charge in [0.2, 0.25) is 0 Å². The molecule has 0 aliphatic carbocycles. The first-order chi connectivity index (χ1) is 10.8. The van der Waals surface area contributed by atoms with Crippen molar-refractivity contribution in [2.24, 2.45) is 0 Å². The van der Waals surface area contributed by atoms with E-state index >= 15 is 0 Å². The van der Waals surface area contributed by atoms with Crippen molar-refractivity contribution in [2.75, 3.05) is 0 Å². The predicted octanol–water partition coefficient (Wildman–Crippen LogP) is 4.87. The number of pyridine rings is 1. The van der Waals surface area contributed by atoms with Gasteiger partial charge in [0.1, 0.15) is 5.75 Å². The molecule has 0 amide bonds. The summed E-state index contributed by atoms with van der Waals surface area (Å²) in [6, 6.07) is 16.2. The molecule has 3 rings (SSSR count). The average molecular weight is 291 g/mol. The molecule has 0 aliphatic heterocycles. The number of aryl methyl sites for hydroxylation is 1. The van der Waals surface area contributed by atoms with Crippen molar-refractivity contribution >= 4 is 10.8 Å². The van der Waals surface area contributed by atoms with Crippen LogP contribution in [0.4, 0.5) is 0 Å². The number of fused-ring (bicyclic) bond motifs is 1.